The maximum atomic E-state index is 11.2. The van der Waals surface area contributed by atoms with Gasteiger partial charge in [-0.1, -0.05) is 5.16 Å². The first-order chi connectivity index (χ1) is 9.40. The van der Waals surface area contributed by atoms with Crippen LogP contribution in [0, 0.1) is 24.0 Å². The molecule has 0 bridgehead atoms. The molecule has 0 unspecified atom stereocenters. The van der Waals surface area contributed by atoms with Crippen LogP contribution in [0.3, 0.4) is 0 Å². The van der Waals surface area contributed by atoms with Crippen molar-refractivity contribution in [3.05, 3.63) is 33.3 Å². The maximum Gasteiger partial charge on any atom is 0.333 e. The quantitative estimate of drug-likeness (QED) is 0.667. The Kier molecular flexibility index (Phi) is 3.73. The summed E-state index contributed by atoms with van der Waals surface area (Å²) in [5.41, 5.74) is 1.08. The van der Waals surface area contributed by atoms with Crippen molar-refractivity contribution in [3.8, 4) is 0 Å². The SMILES string of the molecule is Cc1cc(CNc2c([N+](=O)[O-])c(C)nn2C(C)C)no1. The molecule has 2 aromatic rings. The van der Waals surface area contributed by atoms with Gasteiger partial charge < -0.3 is 9.84 Å². The number of anilines is 1. The van der Waals surface area contributed by atoms with Gasteiger partial charge in [0.2, 0.25) is 5.82 Å². The molecule has 20 heavy (non-hydrogen) atoms. The molecule has 0 aliphatic heterocycles. The van der Waals surface area contributed by atoms with Crippen molar-refractivity contribution in [1.29, 1.82) is 0 Å². The Balaban J connectivity index is 2.31. The Hall–Kier alpha value is -2.38. The highest BCUT2D eigenvalue weighted by atomic mass is 16.6. The van der Waals surface area contributed by atoms with E-state index < -0.39 is 4.92 Å². The van der Waals surface area contributed by atoms with E-state index in [1.54, 1.807) is 24.6 Å². The van der Waals surface area contributed by atoms with Crippen LogP contribution in [0.15, 0.2) is 10.6 Å². The standard InChI is InChI=1S/C12H17N5O3/c1-7(2)16-12(11(17(18)19)9(4)14-16)13-6-10-5-8(3)20-15-10/h5,7,13H,6H2,1-4H3. The fourth-order valence-electron chi connectivity index (χ4n) is 1.97. The lowest BCUT2D eigenvalue weighted by Crippen LogP contribution is -2.11. The van der Waals surface area contributed by atoms with Crippen LogP contribution in [0.4, 0.5) is 11.5 Å². The summed E-state index contributed by atoms with van der Waals surface area (Å²) in [6, 6.07) is 1.80. The van der Waals surface area contributed by atoms with Gasteiger partial charge in [0, 0.05) is 12.1 Å². The first kappa shape index (κ1) is 14.0. The largest absolute Gasteiger partial charge is 0.361 e. The third-order valence-corrected chi connectivity index (χ3v) is 2.84. The molecular formula is C12H17N5O3. The predicted molar refractivity (Wildman–Crippen MR) is 72.6 cm³/mol. The smallest absolute Gasteiger partial charge is 0.333 e. The molecule has 0 saturated carbocycles. The lowest BCUT2D eigenvalue weighted by molar-refractivity contribution is -0.384. The van der Waals surface area contributed by atoms with Crippen LogP contribution in [0.5, 0.6) is 0 Å². The third-order valence-electron chi connectivity index (χ3n) is 2.84. The Morgan fingerprint density at radius 3 is 2.70 bits per heavy atom. The fourth-order valence-corrected chi connectivity index (χ4v) is 1.97. The van der Waals surface area contributed by atoms with Crippen molar-refractivity contribution >= 4 is 11.5 Å². The molecule has 8 heteroatoms. The van der Waals surface area contributed by atoms with Crippen LogP contribution in [0.2, 0.25) is 0 Å². The number of hydrogen-bond acceptors (Lipinski definition) is 6. The van der Waals surface area contributed by atoms with Gasteiger partial charge in [-0.2, -0.15) is 5.10 Å². The summed E-state index contributed by atoms with van der Waals surface area (Å²) < 4.78 is 6.58. The van der Waals surface area contributed by atoms with Crippen LogP contribution in [-0.2, 0) is 6.54 Å². The molecule has 0 radical (unpaired) electrons. The molecule has 2 aromatic heterocycles. The molecular weight excluding hydrogens is 262 g/mol. The van der Waals surface area contributed by atoms with Gasteiger partial charge in [-0.25, -0.2) is 4.68 Å². The monoisotopic (exact) mass is 279 g/mol. The molecule has 2 rings (SSSR count). The van der Waals surface area contributed by atoms with Crippen molar-refractivity contribution in [3.63, 3.8) is 0 Å². The number of aryl methyl sites for hydroxylation is 2. The van der Waals surface area contributed by atoms with Crippen LogP contribution in [0.25, 0.3) is 0 Å². The number of nitro groups is 1. The van der Waals surface area contributed by atoms with E-state index in [4.69, 9.17) is 4.52 Å². The van der Waals surface area contributed by atoms with Crippen molar-refractivity contribution in [2.45, 2.75) is 40.3 Å². The summed E-state index contributed by atoms with van der Waals surface area (Å²) in [7, 11) is 0. The van der Waals surface area contributed by atoms with E-state index in [1.165, 1.54) is 0 Å². The Morgan fingerprint density at radius 2 is 2.20 bits per heavy atom. The molecule has 0 fully saturated rings. The molecule has 1 N–H and O–H groups in total. The minimum atomic E-state index is -0.419. The first-order valence-corrected chi connectivity index (χ1v) is 6.29. The van der Waals surface area contributed by atoms with Gasteiger partial charge in [0.1, 0.15) is 17.1 Å². The molecule has 0 aliphatic rings. The van der Waals surface area contributed by atoms with Crippen molar-refractivity contribution < 1.29 is 9.45 Å². The highest BCUT2D eigenvalue weighted by molar-refractivity contribution is 5.59. The van der Waals surface area contributed by atoms with E-state index in [-0.39, 0.29) is 11.7 Å². The summed E-state index contributed by atoms with van der Waals surface area (Å²) in [6.45, 7) is 7.60. The normalized spacial score (nSPS) is 11.1. The number of nitrogens with one attached hydrogen (secondary N) is 1. The summed E-state index contributed by atoms with van der Waals surface area (Å²) in [4.78, 5) is 10.8. The molecule has 0 aliphatic carbocycles. The topological polar surface area (TPSA) is 99.0 Å². The minimum absolute atomic E-state index is 0.00100. The van der Waals surface area contributed by atoms with Crippen LogP contribution in [0.1, 0.15) is 37.0 Å². The highest BCUT2D eigenvalue weighted by Gasteiger charge is 2.26. The molecule has 0 amide bonds. The van der Waals surface area contributed by atoms with E-state index in [2.05, 4.69) is 15.6 Å². The van der Waals surface area contributed by atoms with Crippen molar-refractivity contribution in [2.75, 3.05) is 5.32 Å². The van der Waals surface area contributed by atoms with E-state index in [9.17, 15) is 10.1 Å². The van der Waals surface area contributed by atoms with Crippen molar-refractivity contribution in [1.82, 2.24) is 14.9 Å². The zero-order valence-corrected chi connectivity index (χ0v) is 11.9. The van der Waals surface area contributed by atoms with E-state index >= 15 is 0 Å². The maximum absolute atomic E-state index is 11.2. The van der Waals surface area contributed by atoms with Crippen LogP contribution in [-0.4, -0.2) is 19.9 Å². The lowest BCUT2D eigenvalue weighted by Gasteiger charge is -2.10. The minimum Gasteiger partial charge on any atom is -0.361 e. The Bertz CT molecular complexity index is 629. The average Bonchev–Trinajstić information content (AvgIpc) is 2.90. The molecule has 0 spiro atoms. The van der Waals surface area contributed by atoms with E-state index in [0.29, 0.717) is 29.5 Å². The first-order valence-electron chi connectivity index (χ1n) is 6.29. The molecule has 0 saturated heterocycles. The van der Waals surface area contributed by atoms with Crippen LogP contribution < -0.4 is 5.32 Å². The van der Waals surface area contributed by atoms with Gasteiger partial charge in [-0.3, -0.25) is 10.1 Å². The van der Waals surface area contributed by atoms with Crippen LogP contribution >= 0.6 is 0 Å². The van der Waals surface area contributed by atoms with Gasteiger partial charge in [-0.05, 0) is 27.7 Å². The molecule has 8 nitrogen and oxygen atoms in total. The molecule has 0 atom stereocenters. The van der Waals surface area contributed by atoms with Gasteiger partial charge >= 0.3 is 5.69 Å². The average molecular weight is 279 g/mol. The zero-order valence-electron chi connectivity index (χ0n) is 11.9. The van der Waals surface area contributed by atoms with Gasteiger partial charge in [0.05, 0.1) is 11.5 Å². The summed E-state index contributed by atoms with van der Waals surface area (Å²) >= 11 is 0. The van der Waals surface area contributed by atoms with E-state index in [1.807, 2.05) is 13.8 Å². The summed E-state index contributed by atoms with van der Waals surface area (Å²) in [5.74, 6) is 1.09. The zero-order chi connectivity index (χ0) is 14.9. The fraction of sp³-hybridized carbons (Fsp3) is 0.500. The van der Waals surface area contributed by atoms with E-state index in [0.717, 1.165) is 0 Å². The van der Waals surface area contributed by atoms with Gasteiger partial charge in [0.15, 0.2) is 0 Å². The summed E-state index contributed by atoms with van der Waals surface area (Å²) in [6.07, 6.45) is 0. The number of aromatic nitrogens is 3. The second-order valence-electron chi connectivity index (χ2n) is 4.86. The second-order valence-corrected chi connectivity index (χ2v) is 4.86. The van der Waals surface area contributed by atoms with Crippen molar-refractivity contribution in [2.24, 2.45) is 0 Å². The van der Waals surface area contributed by atoms with Gasteiger partial charge in [0.25, 0.3) is 0 Å². The lowest BCUT2D eigenvalue weighted by atomic mass is 10.3. The third kappa shape index (κ3) is 2.63. The molecule has 2 heterocycles. The Labute approximate surface area is 115 Å². The summed E-state index contributed by atoms with van der Waals surface area (Å²) in [5, 5.41) is 22.3. The second kappa shape index (κ2) is 5.32. The highest BCUT2D eigenvalue weighted by Crippen LogP contribution is 2.30. The molecule has 0 aromatic carbocycles. The predicted octanol–water partition coefficient (Wildman–Crippen LogP) is 2.59. The number of nitrogens with zero attached hydrogens (tertiary/aromatic N) is 4. The van der Waals surface area contributed by atoms with Gasteiger partial charge in [-0.15, -0.1) is 0 Å². The number of rotatable bonds is 5. The molecule has 108 valence electrons. The Morgan fingerprint density at radius 1 is 1.50 bits per heavy atom. The number of hydrogen-bond donors (Lipinski definition) is 1.